The molecule has 5 heteroatoms. The second-order valence-electron chi connectivity index (χ2n) is 4.50. The normalized spacial score (nSPS) is 19.8. The van der Waals surface area contributed by atoms with Gasteiger partial charge >= 0.3 is 5.97 Å². The number of carbonyl (C=O) groups is 1. The molecule has 0 aromatic heterocycles. The van der Waals surface area contributed by atoms with Crippen LogP contribution in [0.4, 0.5) is 5.69 Å². The molecule has 1 saturated heterocycles. The Hall–Kier alpha value is -1.36. The van der Waals surface area contributed by atoms with Gasteiger partial charge in [0, 0.05) is 5.69 Å². The summed E-state index contributed by atoms with van der Waals surface area (Å²) in [5.41, 5.74) is 0.910. The average molecular weight is 281 g/mol. The summed E-state index contributed by atoms with van der Waals surface area (Å²) in [4.78, 5) is 11.9. The van der Waals surface area contributed by atoms with Gasteiger partial charge in [-0.05, 0) is 48.1 Å². The van der Waals surface area contributed by atoms with Crippen LogP contribution in [-0.2, 0) is 9.53 Å². The predicted octanol–water partition coefficient (Wildman–Crippen LogP) is 2.40. The third kappa shape index (κ3) is 3.56. The molecule has 0 amide bonds. The molecule has 1 N–H and O–H groups in total. The van der Waals surface area contributed by atoms with E-state index in [2.05, 4.69) is 5.32 Å². The van der Waals surface area contributed by atoms with Crippen molar-refractivity contribution < 1.29 is 14.3 Å². The smallest absolute Gasteiger partial charge is 0.328 e. The molecule has 2 rings (SSSR count). The fraction of sp³-hybridized carbons (Fsp3) is 0.500. The third-order valence-electron chi connectivity index (χ3n) is 3.30. The van der Waals surface area contributed by atoms with E-state index < -0.39 is 0 Å². The molecular formula is C14H19NO3S. The molecule has 0 aliphatic carbocycles. The van der Waals surface area contributed by atoms with E-state index in [1.54, 1.807) is 7.11 Å². The zero-order valence-corrected chi connectivity index (χ0v) is 12.0. The molecule has 1 aromatic rings. The van der Waals surface area contributed by atoms with Crippen LogP contribution in [0.15, 0.2) is 24.3 Å². The average Bonchev–Trinajstić information content (AvgIpc) is 2.98. The van der Waals surface area contributed by atoms with E-state index >= 15 is 0 Å². The van der Waals surface area contributed by atoms with Crippen LogP contribution in [0.3, 0.4) is 0 Å². The number of ether oxygens (including phenoxy) is 2. The van der Waals surface area contributed by atoms with Crippen molar-refractivity contribution >= 4 is 23.4 Å². The van der Waals surface area contributed by atoms with Crippen LogP contribution >= 0.6 is 11.8 Å². The highest BCUT2D eigenvalue weighted by Gasteiger charge is 2.31. The standard InChI is InChI=1S/C14H19NO3S/c1-17-12-5-3-11(4-6-12)15-13(14(16)18-2)10-7-8-19-9-10/h3-6,10,13,15H,7-9H2,1-2H3. The number of thioether (sulfide) groups is 1. The van der Waals surface area contributed by atoms with Crippen molar-refractivity contribution in [2.75, 3.05) is 31.0 Å². The summed E-state index contributed by atoms with van der Waals surface area (Å²) >= 11 is 1.89. The van der Waals surface area contributed by atoms with E-state index in [0.29, 0.717) is 5.92 Å². The first-order chi connectivity index (χ1) is 9.24. The minimum atomic E-state index is -0.270. The van der Waals surface area contributed by atoms with Gasteiger partial charge in [0.15, 0.2) is 0 Å². The first-order valence-corrected chi connectivity index (χ1v) is 7.46. The number of hydrogen-bond donors (Lipinski definition) is 1. The van der Waals surface area contributed by atoms with Crippen LogP contribution < -0.4 is 10.1 Å². The predicted molar refractivity (Wildman–Crippen MR) is 77.9 cm³/mol. The summed E-state index contributed by atoms with van der Waals surface area (Å²) in [7, 11) is 3.07. The zero-order valence-electron chi connectivity index (χ0n) is 11.2. The molecule has 1 heterocycles. The Morgan fingerprint density at radius 2 is 2.11 bits per heavy atom. The van der Waals surface area contributed by atoms with Crippen molar-refractivity contribution in [3.05, 3.63) is 24.3 Å². The molecule has 19 heavy (non-hydrogen) atoms. The fourth-order valence-electron chi connectivity index (χ4n) is 2.18. The van der Waals surface area contributed by atoms with Gasteiger partial charge < -0.3 is 14.8 Å². The van der Waals surface area contributed by atoms with E-state index in [9.17, 15) is 4.79 Å². The Labute approximate surface area is 117 Å². The SMILES string of the molecule is COC(=O)C(Nc1ccc(OC)cc1)C1CCSC1. The second-order valence-corrected chi connectivity index (χ2v) is 5.65. The van der Waals surface area contributed by atoms with Crippen LogP contribution in [0.2, 0.25) is 0 Å². The number of methoxy groups -OCH3 is 2. The topological polar surface area (TPSA) is 47.6 Å². The van der Waals surface area contributed by atoms with Crippen molar-refractivity contribution in [2.45, 2.75) is 12.5 Å². The molecule has 0 radical (unpaired) electrons. The zero-order chi connectivity index (χ0) is 13.7. The Kier molecular flexibility index (Phi) is 4.96. The van der Waals surface area contributed by atoms with Crippen LogP contribution in [0.1, 0.15) is 6.42 Å². The van der Waals surface area contributed by atoms with Crippen molar-refractivity contribution in [2.24, 2.45) is 5.92 Å². The highest BCUT2D eigenvalue weighted by Crippen LogP contribution is 2.29. The molecule has 104 valence electrons. The fourth-order valence-corrected chi connectivity index (χ4v) is 3.48. The molecule has 1 aromatic carbocycles. The van der Waals surface area contributed by atoms with Crippen LogP contribution in [0.5, 0.6) is 5.75 Å². The van der Waals surface area contributed by atoms with E-state index in [4.69, 9.17) is 9.47 Å². The van der Waals surface area contributed by atoms with E-state index in [1.165, 1.54) is 7.11 Å². The van der Waals surface area contributed by atoms with Gasteiger partial charge in [0.1, 0.15) is 11.8 Å². The molecule has 0 saturated carbocycles. The highest BCUT2D eigenvalue weighted by molar-refractivity contribution is 7.99. The Balaban J connectivity index is 2.07. The number of esters is 1. The summed E-state index contributed by atoms with van der Waals surface area (Å²) in [5, 5.41) is 3.28. The minimum Gasteiger partial charge on any atom is -0.497 e. The lowest BCUT2D eigenvalue weighted by atomic mass is 9.99. The van der Waals surface area contributed by atoms with Gasteiger partial charge in [-0.1, -0.05) is 0 Å². The van der Waals surface area contributed by atoms with Crippen LogP contribution in [0.25, 0.3) is 0 Å². The highest BCUT2D eigenvalue weighted by atomic mass is 32.2. The summed E-state index contributed by atoms with van der Waals surface area (Å²) in [5.74, 6) is 3.06. The van der Waals surface area contributed by atoms with Gasteiger partial charge in [0.25, 0.3) is 0 Å². The van der Waals surface area contributed by atoms with Crippen LogP contribution in [0, 0.1) is 5.92 Å². The molecule has 1 fully saturated rings. The molecule has 1 aliphatic rings. The third-order valence-corrected chi connectivity index (χ3v) is 4.49. The van der Waals surface area contributed by atoms with Crippen molar-refractivity contribution in [1.82, 2.24) is 0 Å². The lowest BCUT2D eigenvalue weighted by molar-refractivity contribution is -0.142. The van der Waals surface area contributed by atoms with Crippen LogP contribution in [-0.4, -0.2) is 37.7 Å². The lowest BCUT2D eigenvalue weighted by Gasteiger charge is -2.22. The lowest BCUT2D eigenvalue weighted by Crippen LogP contribution is -2.38. The molecule has 1 aliphatic heterocycles. The van der Waals surface area contributed by atoms with Gasteiger partial charge in [0.05, 0.1) is 14.2 Å². The van der Waals surface area contributed by atoms with Gasteiger partial charge in [-0.15, -0.1) is 0 Å². The maximum atomic E-state index is 11.9. The van der Waals surface area contributed by atoms with Crippen molar-refractivity contribution in [3.63, 3.8) is 0 Å². The molecule has 0 spiro atoms. The summed E-state index contributed by atoms with van der Waals surface area (Å²) in [6, 6.07) is 7.31. The van der Waals surface area contributed by atoms with Gasteiger partial charge in [0.2, 0.25) is 0 Å². The van der Waals surface area contributed by atoms with Gasteiger partial charge in [-0.3, -0.25) is 0 Å². The van der Waals surface area contributed by atoms with E-state index in [1.807, 2.05) is 36.0 Å². The minimum absolute atomic E-state index is 0.191. The number of hydrogen-bond acceptors (Lipinski definition) is 5. The van der Waals surface area contributed by atoms with Crippen molar-refractivity contribution in [3.8, 4) is 5.75 Å². The quantitative estimate of drug-likeness (QED) is 0.840. The maximum absolute atomic E-state index is 11.9. The molecule has 2 atom stereocenters. The van der Waals surface area contributed by atoms with E-state index in [0.717, 1.165) is 29.4 Å². The number of rotatable bonds is 5. The monoisotopic (exact) mass is 281 g/mol. The molecule has 0 bridgehead atoms. The number of benzene rings is 1. The van der Waals surface area contributed by atoms with Crippen molar-refractivity contribution in [1.29, 1.82) is 0 Å². The first-order valence-electron chi connectivity index (χ1n) is 6.30. The molecular weight excluding hydrogens is 262 g/mol. The number of nitrogens with one attached hydrogen (secondary N) is 1. The second kappa shape index (κ2) is 6.70. The molecule has 4 nitrogen and oxygen atoms in total. The molecule has 2 unspecified atom stereocenters. The maximum Gasteiger partial charge on any atom is 0.328 e. The van der Waals surface area contributed by atoms with Gasteiger partial charge in [-0.25, -0.2) is 4.79 Å². The summed E-state index contributed by atoms with van der Waals surface area (Å²) in [6.45, 7) is 0. The Morgan fingerprint density at radius 3 is 2.63 bits per heavy atom. The number of anilines is 1. The number of carbonyl (C=O) groups excluding carboxylic acids is 1. The largest absolute Gasteiger partial charge is 0.497 e. The summed E-state index contributed by atoms with van der Waals surface area (Å²) < 4.78 is 10.0. The summed E-state index contributed by atoms with van der Waals surface area (Å²) in [6.07, 6.45) is 1.05. The Bertz CT molecular complexity index is 415. The van der Waals surface area contributed by atoms with E-state index in [-0.39, 0.29) is 12.0 Å². The Morgan fingerprint density at radius 1 is 1.37 bits per heavy atom. The van der Waals surface area contributed by atoms with Gasteiger partial charge in [-0.2, -0.15) is 11.8 Å². The first kappa shape index (κ1) is 14.1.